The summed E-state index contributed by atoms with van der Waals surface area (Å²) in [5.74, 6) is -2.60. The highest BCUT2D eigenvalue weighted by molar-refractivity contribution is 5.90. The minimum absolute atomic E-state index is 0.0900. The van der Waals surface area contributed by atoms with Crippen molar-refractivity contribution in [1.29, 1.82) is 0 Å². The molecule has 1 heterocycles. The molecule has 0 aliphatic rings. The van der Waals surface area contributed by atoms with Crippen molar-refractivity contribution in [3.05, 3.63) is 59.4 Å². The van der Waals surface area contributed by atoms with Crippen LogP contribution in [-0.4, -0.2) is 31.3 Å². The quantitative estimate of drug-likeness (QED) is 0.785. The number of benzene rings is 2. The Morgan fingerprint density at radius 1 is 1.08 bits per heavy atom. The second kappa shape index (κ2) is 6.00. The maximum atomic E-state index is 13.0. The minimum atomic E-state index is -4.77. The maximum absolute atomic E-state index is 13.0. The zero-order valence-corrected chi connectivity index (χ0v) is 12.8. The van der Waals surface area contributed by atoms with Gasteiger partial charge in [0.25, 0.3) is 5.82 Å². The molecule has 0 saturated carbocycles. The lowest BCUT2D eigenvalue weighted by atomic mass is 10.0. The van der Waals surface area contributed by atoms with Gasteiger partial charge in [-0.2, -0.15) is 17.9 Å². The van der Waals surface area contributed by atoms with Gasteiger partial charge in [-0.05, 0) is 46.7 Å². The van der Waals surface area contributed by atoms with E-state index in [1.807, 2.05) is 19.1 Å². The van der Waals surface area contributed by atoms with E-state index in [0.29, 0.717) is 15.8 Å². The van der Waals surface area contributed by atoms with Gasteiger partial charge in [0.15, 0.2) is 0 Å². The molecular weight excluding hydrogens is 337 g/mol. The van der Waals surface area contributed by atoms with E-state index < -0.39 is 18.0 Å². The molecule has 9 heteroatoms. The van der Waals surface area contributed by atoms with Crippen LogP contribution in [0, 0.1) is 6.92 Å². The zero-order chi connectivity index (χ0) is 18.2. The van der Waals surface area contributed by atoms with Gasteiger partial charge in [-0.15, -0.1) is 5.10 Å². The number of aromatic nitrogens is 4. The van der Waals surface area contributed by atoms with Gasteiger partial charge >= 0.3 is 12.1 Å². The number of hydrogen-bond donors (Lipinski definition) is 1. The van der Waals surface area contributed by atoms with E-state index in [0.717, 1.165) is 11.6 Å². The molecule has 0 radical (unpaired) electrons. The number of aryl methyl sites for hydroxylation is 1. The summed E-state index contributed by atoms with van der Waals surface area (Å²) in [5.41, 5.74) is 1.85. The van der Waals surface area contributed by atoms with Gasteiger partial charge in [0.2, 0.25) is 0 Å². The number of nitrogens with zero attached hydrogens (tertiary/aromatic N) is 4. The van der Waals surface area contributed by atoms with Gasteiger partial charge in [0.1, 0.15) is 0 Å². The van der Waals surface area contributed by atoms with E-state index in [9.17, 15) is 23.1 Å². The van der Waals surface area contributed by atoms with Crippen molar-refractivity contribution < 1.29 is 23.1 Å². The zero-order valence-electron chi connectivity index (χ0n) is 12.8. The molecule has 128 valence electrons. The van der Waals surface area contributed by atoms with Crippen molar-refractivity contribution >= 4 is 5.97 Å². The number of rotatable bonds is 3. The third kappa shape index (κ3) is 3.35. The Kier molecular flexibility index (Phi) is 3.99. The summed E-state index contributed by atoms with van der Waals surface area (Å²) in [7, 11) is 0. The average molecular weight is 348 g/mol. The third-order valence-electron chi connectivity index (χ3n) is 3.52. The maximum Gasteiger partial charge on any atom is 0.453 e. The average Bonchev–Trinajstić information content (AvgIpc) is 3.05. The summed E-state index contributed by atoms with van der Waals surface area (Å²) in [6, 6.07) is 11.0. The first kappa shape index (κ1) is 16.6. The predicted molar refractivity (Wildman–Crippen MR) is 81.3 cm³/mol. The summed E-state index contributed by atoms with van der Waals surface area (Å²) in [6.45, 7) is 1.89. The first-order valence-electron chi connectivity index (χ1n) is 7.07. The molecule has 0 bridgehead atoms. The van der Waals surface area contributed by atoms with Crippen molar-refractivity contribution in [3.8, 4) is 16.8 Å². The number of alkyl halides is 3. The Balaban J connectivity index is 2.20. The van der Waals surface area contributed by atoms with E-state index in [2.05, 4.69) is 15.5 Å². The van der Waals surface area contributed by atoms with Crippen molar-refractivity contribution in [2.75, 3.05) is 0 Å². The van der Waals surface area contributed by atoms with Gasteiger partial charge in [-0.1, -0.05) is 29.8 Å². The Hall–Kier alpha value is -3.23. The number of halogens is 3. The van der Waals surface area contributed by atoms with Crippen molar-refractivity contribution in [2.24, 2.45) is 0 Å². The van der Waals surface area contributed by atoms with Crippen LogP contribution < -0.4 is 0 Å². The van der Waals surface area contributed by atoms with Crippen molar-refractivity contribution in [2.45, 2.75) is 13.1 Å². The predicted octanol–water partition coefficient (Wildman–Crippen LogP) is 3.35. The molecule has 1 aromatic heterocycles. The van der Waals surface area contributed by atoms with Crippen LogP contribution in [0.1, 0.15) is 21.7 Å². The van der Waals surface area contributed by atoms with Gasteiger partial charge in [-0.25, -0.2) is 4.79 Å². The van der Waals surface area contributed by atoms with Crippen LogP contribution in [0.5, 0.6) is 0 Å². The highest BCUT2D eigenvalue weighted by atomic mass is 19.4. The second-order valence-electron chi connectivity index (χ2n) is 5.35. The summed E-state index contributed by atoms with van der Waals surface area (Å²) < 4.78 is 39.5. The molecule has 0 saturated heterocycles. The molecule has 0 spiro atoms. The third-order valence-corrected chi connectivity index (χ3v) is 3.52. The summed E-state index contributed by atoms with van der Waals surface area (Å²) in [6.07, 6.45) is -4.77. The number of carboxylic acid groups (broad SMARTS) is 1. The highest BCUT2D eigenvalue weighted by Gasteiger charge is 2.38. The van der Waals surface area contributed by atoms with Crippen LogP contribution in [0.2, 0.25) is 0 Å². The van der Waals surface area contributed by atoms with E-state index in [1.165, 1.54) is 12.1 Å². The van der Waals surface area contributed by atoms with E-state index in [1.54, 1.807) is 12.1 Å². The fraction of sp³-hybridized carbons (Fsp3) is 0.125. The molecule has 25 heavy (non-hydrogen) atoms. The van der Waals surface area contributed by atoms with Crippen molar-refractivity contribution in [3.63, 3.8) is 0 Å². The summed E-state index contributed by atoms with van der Waals surface area (Å²) >= 11 is 0. The fourth-order valence-electron chi connectivity index (χ4n) is 2.31. The molecule has 3 rings (SSSR count). The first-order chi connectivity index (χ1) is 11.8. The topological polar surface area (TPSA) is 80.9 Å². The van der Waals surface area contributed by atoms with Crippen molar-refractivity contribution in [1.82, 2.24) is 20.2 Å². The van der Waals surface area contributed by atoms with E-state index in [4.69, 9.17) is 0 Å². The first-order valence-corrected chi connectivity index (χ1v) is 7.07. The number of aromatic carboxylic acids is 1. The molecule has 0 unspecified atom stereocenters. The molecule has 0 aliphatic heterocycles. The Bertz CT molecular complexity index is 933. The van der Waals surface area contributed by atoms with E-state index >= 15 is 0 Å². The van der Waals surface area contributed by atoms with Crippen LogP contribution >= 0.6 is 0 Å². The van der Waals surface area contributed by atoms with Gasteiger partial charge in [0.05, 0.1) is 11.3 Å². The second-order valence-corrected chi connectivity index (χ2v) is 5.35. The Labute approximate surface area is 139 Å². The monoisotopic (exact) mass is 348 g/mol. The standard InChI is InChI=1S/C16H11F3N4O2/c1-9-2-4-10(5-3-9)11-6-12(14(24)25)8-13(7-11)23-15(16(17,18)19)20-21-22-23/h2-8H,1H3,(H,24,25). The number of hydrogen-bond acceptors (Lipinski definition) is 4. The Morgan fingerprint density at radius 3 is 2.36 bits per heavy atom. The normalized spacial score (nSPS) is 11.5. The summed E-state index contributed by atoms with van der Waals surface area (Å²) in [4.78, 5) is 11.4. The molecule has 0 amide bonds. The molecule has 1 N–H and O–H groups in total. The SMILES string of the molecule is Cc1ccc(-c2cc(C(=O)O)cc(-n3nnnc3C(F)(F)F)c2)cc1. The van der Waals surface area contributed by atoms with Crippen LogP contribution in [0.15, 0.2) is 42.5 Å². The molecule has 0 fully saturated rings. The number of tetrazole rings is 1. The Morgan fingerprint density at radius 2 is 1.76 bits per heavy atom. The molecular formula is C16H11F3N4O2. The molecule has 0 aliphatic carbocycles. The fourth-order valence-corrected chi connectivity index (χ4v) is 2.31. The lowest BCUT2D eigenvalue weighted by Crippen LogP contribution is -2.15. The van der Waals surface area contributed by atoms with Crippen LogP contribution in [0.3, 0.4) is 0 Å². The minimum Gasteiger partial charge on any atom is -0.478 e. The molecule has 2 aromatic carbocycles. The summed E-state index contributed by atoms with van der Waals surface area (Å²) in [5, 5.41) is 18.6. The highest BCUT2D eigenvalue weighted by Crippen LogP contribution is 2.30. The number of carbonyl (C=O) groups is 1. The lowest BCUT2D eigenvalue weighted by molar-refractivity contribution is -0.146. The van der Waals surface area contributed by atoms with Gasteiger partial charge in [0, 0.05) is 0 Å². The molecule has 0 atom stereocenters. The van der Waals surface area contributed by atoms with Gasteiger partial charge < -0.3 is 5.11 Å². The van der Waals surface area contributed by atoms with Crippen LogP contribution in [-0.2, 0) is 6.18 Å². The largest absolute Gasteiger partial charge is 0.478 e. The van der Waals surface area contributed by atoms with Crippen LogP contribution in [0.25, 0.3) is 16.8 Å². The molecule has 3 aromatic rings. The lowest BCUT2D eigenvalue weighted by Gasteiger charge is -2.11. The molecule has 6 nitrogen and oxygen atoms in total. The van der Waals surface area contributed by atoms with E-state index in [-0.39, 0.29) is 11.3 Å². The van der Waals surface area contributed by atoms with Gasteiger partial charge in [-0.3, -0.25) is 0 Å². The van der Waals surface area contributed by atoms with Crippen LogP contribution in [0.4, 0.5) is 13.2 Å². The smallest absolute Gasteiger partial charge is 0.453 e. The number of carboxylic acids is 1.